The first-order valence-corrected chi connectivity index (χ1v) is 11.2. The largest absolute Gasteiger partial charge is 0.292 e. The molecular weight excluding hydrogens is 246 g/mol. The van der Waals surface area contributed by atoms with Gasteiger partial charge < -0.3 is 0 Å². The maximum atomic E-state index is 3.94. The van der Waals surface area contributed by atoms with E-state index in [-0.39, 0.29) is 0 Å². The number of nitrogens with zero attached hydrogens (tertiary/aromatic N) is 1. The lowest BCUT2D eigenvalue weighted by Gasteiger charge is -2.35. The van der Waals surface area contributed by atoms with Gasteiger partial charge in [0.2, 0.25) is 0 Å². The van der Waals surface area contributed by atoms with Crippen molar-refractivity contribution in [1.82, 2.24) is 4.90 Å². The molecule has 1 aliphatic carbocycles. The van der Waals surface area contributed by atoms with E-state index in [1.54, 1.807) is 0 Å². The van der Waals surface area contributed by atoms with Gasteiger partial charge in [0.15, 0.2) is 0 Å². The fourth-order valence-corrected chi connectivity index (χ4v) is 3.58. The van der Waals surface area contributed by atoms with Crippen molar-refractivity contribution in [2.45, 2.75) is 64.2 Å². The van der Waals surface area contributed by atoms with Gasteiger partial charge in [0.05, 0.1) is 6.54 Å². The van der Waals surface area contributed by atoms with Crippen molar-refractivity contribution < 1.29 is 0 Å². The van der Waals surface area contributed by atoms with Crippen molar-refractivity contribution in [3.63, 3.8) is 0 Å². The molecule has 19 heavy (non-hydrogen) atoms. The quantitative estimate of drug-likeness (QED) is 0.411. The van der Waals surface area contributed by atoms with Crippen molar-refractivity contribution in [1.29, 1.82) is 0 Å². The molecule has 2 heteroatoms. The lowest BCUT2D eigenvalue weighted by molar-refractivity contribution is 0.159. The Morgan fingerprint density at radius 2 is 1.89 bits per heavy atom. The highest BCUT2D eigenvalue weighted by molar-refractivity contribution is 6.83. The summed E-state index contributed by atoms with van der Waals surface area (Å²) in [4.78, 5) is 2.46. The maximum Gasteiger partial charge on any atom is 0.129 e. The number of hydrogen-bond acceptors (Lipinski definition) is 1. The van der Waals surface area contributed by atoms with Crippen LogP contribution < -0.4 is 0 Å². The molecule has 108 valence electrons. The molecule has 0 aromatic rings. The third kappa shape index (κ3) is 6.45. The van der Waals surface area contributed by atoms with Crippen LogP contribution in [-0.4, -0.2) is 32.6 Å². The summed E-state index contributed by atoms with van der Waals surface area (Å²) in [6.07, 6.45) is 10.2. The van der Waals surface area contributed by atoms with Crippen LogP contribution in [0.25, 0.3) is 0 Å². The normalized spacial score (nSPS) is 18.8. The summed E-state index contributed by atoms with van der Waals surface area (Å²) in [6.45, 7) is 11.8. The molecule has 0 radical (unpaired) electrons. The molecule has 0 spiro atoms. The zero-order valence-corrected chi connectivity index (χ0v) is 14.3. The molecule has 1 aliphatic rings. The van der Waals surface area contributed by atoms with Gasteiger partial charge in [0.1, 0.15) is 8.07 Å². The molecule has 1 atom stereocenters. The van der Waals surface area contributed by atoms with E-state index in [9.17, 15) is 0 Å². The fourth-order valence-electron chi connectivity index (χ4n) is 2.97. The van der Waals surface area contributed by atoms with Crippen LogP contribution in [0.15, 0.2) is 12.7 Å². The minimum atomic E-state index is -1.22. The van der Waals surface area contributed by atoms with E-state index in [0.717, 1.165) is 18.9 Å². The highest BCUT2D eigenvalue weighted by atomic mass is 28.3. The van der Waals surface area contributed by atoms with E-state index in [2.05, 4.69) is 55.7 Å². The van der Waals surface area contributed by atoms with Gasteiger partial charge >= 0.3 is 0 Å². The molecule has 1 unspecified atom stereocenters. The predicted molar refractivity (Wildman–Crippen MR) is 88.9 cm³/mol. The van der Waals surface area contributed by atoms with Gasteiger partial charge in [0, 0.05) is 6.04 Å². The van der Waals surface area contributed by atoms with Crippen molar-refractivity contribution in [3.8, 4) is 11.5 Å². The number of hydrogen-bond donors (Lipinski definition) is 0. The summed E-state index contributed by atoms with van der Waals surface area (Å²) in [7, 11) is 1.01. The second kappa shape index (κ2) is 7.92. The topological polar surface area (TPSA) is 3.24 Å². The molecule has 1 fully saturated rings. The van der Waals surface area contributed by atoms with Crippen LogP contribution in [0.5, 0.6) is 0 Å². The van der Waals surface area contributed by atoms with Crippen molar-refractivity contribution in [3.05, 3.63) is 12.7 Å². The first kappa shape index (κ1) is 16.5. The standard InChI is InChI=1S/C17H31NSi/c1-6-11-17(16-12-8-7-9-13-16)18(2)14-10-15-19(3,4)5/h6,16-17H,1,7-9,11-14H2,2-5H3. The average Bonchev–Trinajstić information content (AvgIpc) is 2.35. The molecule has 0 heterocycles. The Kier molecular flexibility index (Phi) is 6.89. The van der Waals surface area contributed by atoms with Crippen LogP contribution in [-0.2, 0) is 0 Å². The van der Waals surface area contributed by atoms with E-state index in [1.165, 1.54) is 32.1 Å². The number of rotatable bonds is 5. The van der Waals surface area contributed by atoms with Gasteiger partial charge in [0.25, 0.3) is 0 Å². The monoisotopic (exact) mass is 277 g/mol. The molecule has 1 rings (SSSR count). The van der Waals surface area contributed by atoms with Gasteiger partial charge in [-0.05, 0) is 32.2 Å². The van der Waals surface area contributed by atoms with Crippen LogP contribution in [0.4, 0.5) is 0 Å². The van der Waals surface area contributed by atoms with Crippen molar-refractivity contribution in [2.24, 2.45) is 5.92 Å². The van der Waals surface area contributed by atoms with E-state index < -0.39 is 8.07 Å². The first-order valence-electron chi connectivity index (χ1n) is 7.75. The first-order chi connectivity index (χ1) is 8.94. The van der Waals surface area contributed by atoms with E-state index in [0.29, 0.717) is 6.04 Å². The minimum absolute atomic E-state index is 0.647. The summed E-state index contributed by atoms with van der Waals surface area (Å²) in [5, 5.41) is 0. The lowest BCUT2D eigenvalue weighted by atomic mass is 9.82. The van der Waals surface area contributed by atoms with Gasteiger partial charge in [-0.2, -0.15) is 0 Å². The zero-order chi connectivity index (χ0) is 14.3. The highest BCUT2D eigenvalue weighted by Gasteiger charge is 2.25. The Labute approximate surface area is 121 Å². The molecule has 0 amide bonds. The molecule has 1 nitrogen and oxygen atoms in total. The van der Waals surface area contributed by atoms with Crippen LogP contribution >= 0.6 is 0 Å². The van der Waals surface area contributed by atoms with Gasteiger partial charge in [-0.3, -0.25) is 4.90 Å². The Hall–Kier alpha value is -0.523. The van der Waals surface area contributed by atoms with Crippen LogP contribution in [0, 0.1) is 17.4 Å². The molecule has 0 N–H and O–H groups in total. The Morgan fingerprint density at radius 1 is 1.26 bits per heavy atom. The van der Waals surface area contributed by atoms with Gasteiger partial charge in [-0.25, -0.2) is 0 Å². The smallest absolute Gasteiger partial charge is 0.129 e. The third-order valence-electron chi connectivity index (χ3n) is 3.96. The third-order valence-corrected chi connectivity index (χ3v) is 4.89. The molecule has 1 saturated carbocycles. The molecular formula is C17H31NSi. The Bertz CT molecular complexity index is 325. The molecule has 0 bridgehead atoms. The van der Waals surface area contributed by atoms with Crippen molar-refractivity contribution >= 4 is 8.07 Å². The van der Waals surface area contributed by atoms with Crippen LogP contribution in [0.1, 0.15) is 38.5 Å². The lowest BCUT2D eigenvalue weighted by Crippen LogP contribution is -2.39. The molecule has 0 aromatic carbocycles. The summed E-state index contributed by atoms with van der Waals surface area (Å²) >= 11 is 0. The zero-order valence-electron chi connectivity index (χ0n) is 13.3. The SMILES string of the molecule is C=CCC(C1CCCCC1)N(C)CC#C[Si](C)(C)C. The summed E-state index contributed by atoms with van der Waals surface area (Å²) in [5.41, 5.74) is 3.47. The summed E-state index contributed by atoms with van der Waals surface area (Å²) in [6, 6.07) is 0.647. The summed E-state index contributed by atoms with van der Waals surface area (Å²) in [5.74, 6) is 4.26. The van der Waals surface area contributed by atoms with E-state index >= 15 is 0 Å². The second-order valence-electron chi connectivity index (χ2n) is 6.96. The van der Waals surface area contributed by atoms with E-state index in [1.807, 2.05) is 0 Å². The van der Waals surface area contributed by atoms with Gasteiger partial charge in [-0.1, -0.05) is 50.9 Å². The molecule has 0 aromatic heterocycles. The van der Waals surface area contributed by atoms with E-state index in [4.69, 9.17) is 0 Å². The van der Waals surface area contributed by atoms with Gasteiger partial charge in [-0.15, -0.1) is 12.1 Å². The Balaban J connectivity index is 2.58. The fraction of sp³-hybridized carbons (Fsp3) is 0.765. The van der Waals surface area contributed by atoms with Crippen LogP contribution in [0.3, 0.4) is 0 Å². The maximum absolute atomic E-state index is 3.94. The Morgan fingerprint density at radius 3 is 2.42 bits per heavy atom. The van der Waals surface area contributed by atoms with Crippen LogP contribution in [0.2, 0.25) is 19.6 Å². The second-order valence-corrected chi connectivity index (χ2v) is 11.7. The summed E-state index contributed by atoms with van der Waals surface area (Å²) < 4.78 is 0. The average molecular weight is 278 g/mol. The predicted octanol–water partition coefficient (Wildman–Crippen LogP) is 4.32. The van der Waals surface area contributed by atoms with Crippen molar-refractivity contribution in [2.75, 3.05) is 13.6 Å². The molecule has 0 saturated heterocycles. The minimum Gasteiger partial charge on any atom is -0.292 e. The molecule has 0 aliphatic heterocycles. The highest BCUT2D eigenvalue weighted by Crippen LogP contribution is 2.30.